The van der Waals surface area contributed by atoms with Crippen molar-refractivity contribution in [3.8, 4) is 50.5 Å². The Labute approximate surface area is 316 Å². The van der Waals surface area contributed by atoms with Gasteiger partial charge in [0.25, 0.3) is 0 Å². The van der Waals surface area contributed by atoms with Gasteiger partial charge in [-0.3, -0.25) is 4.57 Å². The van der Waals surface area contributed by atoms with Gasteiger partial charge in [-0.15, -0.1) is 11.3 Å². The summed E-state index contributed by atoms with van der Waals surface area (Å²) in [7, 11) is 0. The minimum atomic E-state index is 0.937. The van der Waals surface area contributed by atoms with E-state index in [1.54, 1.807) is 0 Å². The van der Waals surface area contributed by atoms with E-state index in [4.69, 9.17) is 4.98 Å². The lowest BCUT2D eigenvalue weighted by molar-refractivity contribution is 1.10. The average Bonchev–Trinajstić information content (AvgIpc) is 3.82. The highest BCUT2D eigenvalue weighted by Gasteiger charge is 2.18. The van der Waals surface area contributed by atoms with Crippen LogP contribution in [0.15, 0.2) is 194 Å². The first kappa shape index (κ1) is 30.8. The molecule has 3 heteroatoms. The summed E-state index contributed by atoms with van der Waals surface area (Å²) in [5.74, 6) is 0.937. The normalized spacial score (nSPS) is 11.7. The van der Waals surface area contributed by atoms with E-state index in [2.05, 4.69) is 199 Å². The molecule has 2 aromatic heterocycles. The predicted molar refractivity (Wildman–Crippen MR) is 231 cm³/mol. The lowest BCUT2D eigenvalue weighted by atomic mass is 9.92. The quantitative estimate of drug-likeness (QED) is 0.174. The number of nitrogens with zero attached hydrogens (tertiary/aromatic N) is 2. The highest BCUT2D eigenvalue weighted by atomic mass is 32.1. The van der Waals surface area contributed by atoms with Crippen LogP contribution in [0.25, 0.3) is 103 Å². The van der Waals surface area contributed by atoms with Gasteiger partial charge in [-0.05, 0) is 97.9 Å². The molecule has 0 fully saturated rings. The molecular formula is C51H32N2S. The van der Waals surface area contributed by atoms with E-state index in [1.807, 2.05) is 11.3 Å². The summed E-state index contributed by atoms with van der Waals surface area (Å²) in [5, 5.41) is 7.61. The number of fused-ring (bicyclic) bond motifs is 6. The van der Waals surface area contributed by atoms with Crippen LogP contribution in [0.4, 0.5) is 0 Å². The third-order valence-electron chi connectivity index (χ3n) is 10.8. The molecular weight excluding hydrogens is 673 g/mol. The highest BCUT2D eigenvalue weighted by Crippen LogP contribution is 2.45. The van der Waals surface area contributed by atoms with E-state index in [-0.39, 0.29) is 0 Å². The van der Waals surface area contributed by atoms with Crippen molar-refractivity contribution in [1.29, 1.82) is 0 Å². The Morgan fingerprint density at radius 3 is 1.74 bits per heavy atom. The van der Waals surface area contributed by atoms with Gasteiger partial charge >= 0.3 is 0 Å². The van der Waals surface area contributed by atoms with Crippen LogP contribution in [0.1, 0.15) is 0 Å². The zero-order valence-corrected chi connectivity index (χ0v) is 30.1. The topological polar surface area (TPSA) is 17.8 Å². The molecule has 0 atom stereocenters. The van der Waals surface area contributed by atoms with Crippen LogP contribution in [0.3, 0.4) is 0 Å². The van der Waals surface area contributed by atoms with Crippen molar-refractivity contribution in [3.63, 3.8) is 0 Å². The summed E-state index contributed by atoms with van der Waals surface area (Å²) in [6.07, 6.45) is 0. The molecule has 2 nitrogen and oxygen atoms in total. The summed E-state index contributed by atoms with van der Waals surface area (Å²) >= 11 is 1.88. The molecule has 0 saturated heterocycles. The number of para-hydroxylation sites is 3. The molecule has 11 aromatic rings. The highest BCUT2D eigenvalue weighted by molar-refractivity contribution is 7.26. The number of aromatic nitrogens is 2. The zero-order chi connectivity index (χ0) is 35.6. The smallest absolute Gasteiger partial charge is 0.145 e. The molecule has 0 aliphatic carbocycles. The molecule has 0 unspecified atom stereocenters. The number of imidazole rings is 1. The van der Waals surface area contributed by atoms with Gasteiger partial charge in [0.1, 0.15) is 5.82 Å². The van der Waals surface area contributed by atoms with E-state index in [9.17, 15) is 0 Å². The van der Waals surface area contributed by atoms with Gasteiger partial charge in [-0.2, -0.15) is 0 Å². The second kappa shape index (κ2) is 12.4. The second-order valence-electron chi connectivity index (χ2n) is 13.9. The minimum Gasteiger partial charge on any atom is -0.292 e. The lowest BCUT2D eigenvalue weighted by Crippen LogP contribution is -1.97. The summed E-state index contributed by atoms with van der Waals surface area (Å²) < 4.78 is 4.86. The molecule has 2 heterocycles. The van der Waals surface area contributed by atoms with Gasteiger partial charge in [0.2, 0.25) is 0 Å². The molecule has 0 N–H and O–H groups in total. The minimum absolute atomic E-state index is 0.937. The largest absolute Gasteiger partial charge is 0.292 e. The number of benzene rings is 9. The van der Waals surface area contributed by atoms with Crippen LogP contribution in [-0.2, 0) is 0 Å². The molecule has 0 aliphatic heterocycles. The molecule has 252 valence electrons. The van der Waals surface area contributed by atoms with Crippen molar-refractivity contribution in [2.24, 2.45) is 0 Å². The van der Waals surface area contributed by atoms with Gasteiger partial charge in [0.15, 0.2) is 0 Å². The molecule has 0 saturated carbocycles. The Morgan fingerprint density at radius 1 is 0.389 bits per heavy atom. The van der Waals surface area contributed by atoms with Crippen molar-refractivity contribution in [2.45, 2.75) is 0 Å². The summed E-state index contributed by atoms with van der Waals surface area (Å²) in [5.41, 5.74) is 11.7. The molecule has 9 aromatic carbocycles. The SMILES string of the molecule is c1ccc(-n2c(-c3ccc(-c4cc(-c5cccc6ccccc56)cc5c4sc4ccc(-c6cccc7ccccc67)cc45)cc3)nc3ccccc32)cc1. The standard InChI is InChI=1S/C51H32N2S/c1-2-16-39(17-3-1)53-48-23-9-8-22-47(48)52-51(53)36-26-24-35(25-27-36)44-31-38(43-21-11-15-34-13-5-7-19-41(34)43)32-46-45-30-37(28-29-49(45)54-50(44)46)42-20-10-14-33-12-4-6-18-40(33)42/h1-32H. The number of hydrogen-bond acceptors (Lipinski definition) is 2. The molecule has 54 heavy (non-hydrogen) atoms. The van der Waals surface area contributed by atoms with Gasteiger partial charge in [0.05, 0.1) is 11.0 Å². The van der Waals surface area contributed by atoms with Crippen molar-refractivity contribution in [1.82, 2.24) is 9.55 Å². The van der Waals surface area contributed by atoms with Crippen LogP contribution in [0.2, 0.25) is 0 Å². The van der Waals surface area contributed by atoms with E-state index >= 15 is 0 Å². The van der Waals surface area contributed by atoms with Gasteiger partial charge in [-0.1, -0.05) is 146 Å². The van der Waals surface area contributed by atoms with Crippen LogP contribution < -0.4 is 0 Å². The number of hydrogen-bond donors (Lipinski definition) is 0. The molecule has 0 aliphatic rings. The Balaban J connectivity index is 1.12. The molecule has 0 amide bonds. The maximum Gasteiger partial charge on any atom is 0.145 e. The third-order valence-corrected chi connectivity index (χ3v) is 12.0. The Hall–Kier alpha value is -6.81. The maximum absolute atomic E-state index is 5.14. The first-order valence-electron chi connectivity index (χ1n) is 18.4. The molecule has 0 bridgehead atoms. The third kappa shape index (κ3) is 4.97. The van der Waals surface area contributed by atoms with E-state index in [1.165, 1.54) is 75.1 Å². The number of rotatable bonds is 5. The predicted octanol–water partition coefficient (Wildman–Crippen LogP) is 14.4. The van der Waals surface area contributed by atoms with Crippen molar-refractivity contribution >= 4 is 64.1 Å². The van der Waals surface area contributed by atoms with Crippen LogP contribution in [0, 0.1) is 0 Å². The summed E-state index contributed by atoms with van der Waals surface area (Å²) in [4.78, 5) is 5.14. The number of thiophene rings is 1. The van der Waals surface area contributed by atoms with E-state index in [0.717, 1.165) is 28.1 Å². The van der Waals surface area contributed by atoms with Crippen molar-refractivity contribution in [3.05, 3.63) is 194 Å². The second-order valence-corrected chi connectivity index (χ2v) is 15.0. The van der Waals surface area contributed by atoms with E-state index in [0.29, 0.717) is 0 Å². The van der Waals surface area contributed by atoms with Crippen LogP contribution in [-0.4, -0.2) is 9.55 Å². The van der Waals surface area contributed by atoms with Crippen molar-refractivity contribution < 1.29 is 0 Å². The lowest BCUT2D eigenvalue weighted by Gasteiger charge is -2.13. The Morgan fingerprint density at radius 2 is 0.981 bits per heavy atom. The fraction of sp³-hybridized carbons (Fsp3) is 0. The Kier molecular flexibility index (Phi) is 7.07. The fourth-order valence-corrected chi connectivity index (χ4v) is 9.43. The van der Waals surface area contributed by atoms with Gasteiger partial charge < -0.3 is 0 Å². The molecule has 11 rings (SSSR count). The monoisotopic (exact) mass is 704 g/mol. The summed E-state index contributed by atoms with van der Waals surface area (Å²) in [6.45, 7) is 0. The van der Waals surface area contributed by atoms with Crippen LogP contribution >= 0.6 is 11.3 Å². The van der Waals surface area contributed by atoms with Gasteiger partial charge in [-0.25, -0.2) is 4.98 Å². The zero-order valence-electron chi connectivity index (χ0n) is 29.3. The average molecular weight is 705 g/mol. The fourth-order valence-electron chi connectivity index (χ4n) is 8.23. The first-order chi connectivity index (χ1) is 26.8. The van der Waals surface area contributed by atoms with E-state index < -0.39 is 0 Å². The van der Waals surface area contributed by atoms with Crippen LogP contribution in [0.5, 0.6) is 0 Å². The van der Waals surface area contributed by atoms with Gasteiger partial charge in [0, 0.05) is 37.0 Å². The maximum atomic E-state index is 5.14. The Bertz CT molecular complexity index is 3190. The molecule has 0 radical (unpaired) electrons. The molecule has 0 spiro atoms. The van der Waals surface area contributed by atoms with Crippen molar-refractivity contribution in [2.75, 3.05) is 0 Å². The summed E-state index contributed by atoms with van der Waals surface area (Å²) in [6, 6.07) is 70.4. The first-order valence-corrected chi connectivity index (χ1v) is 19.2.